The molecule has 0 aromatic heterocycles. The second-order valence-corrected chi connectivity index (χ2v) is 35.4. The summed E-state index contributed by atoms with van der Waals surface area (Å²) in [6.45, 7) is 34.0. The zero-order valence-corrected chi connectivity index (χ0v) is 52.3. The minimum atomic E-state index is -2.75. The van der Waals surface area contributed by atoms with Gasteiger partial charge in [0.05, 0.1) is 0 Å². The van der Waals surface area contributed by atoms with Gasteiger partial charge in [-0.05, 0) is 29.7 Å². The van der Waals surface area contributed by atoms with E-state index in [1.165, 1.54) is 57.9 Å². The van der Waals surface area contributed by atoms with Gasteiger partial charge in [0.2, 0.25) is 14.7 Å². The average Bonchev–Trinajstić information content (AvgIpc) is 3.22. The van der Waals surface area contributed by atoms with E-state index in [2.05, 4.69) is 74.2 Å². The van der Waals surface area contributed by atoms with E-state index in [0.717, 1.165) is 6.42 Å². The molecule has 4 aromatic carbocycles. The van der Waals surface area contributed by atoms with Crippen LogP contribution >= 0.6 is 52.3 Å². The van der Waals surface area contributed by atoms with Gasteiger partial charge in [-0.15, -0.1) is 0 Å². The van der Waals surface area contributed by atoms with E-state index in [4.69, 9.17) is 18.1 Å². The Morgan fingerprint density at radius 3 is 0.812 bits per heavy atom. The van der Waals surface area contributed by atoms with Crippen LogP contribution in [0.1, 0.15) is 52.7 Å². The van der Waals surface area contributed by atoms with Gasteiger partial charge in [0.25, 0.3) is 0 Å². The Hall–Kier alpha value is -2.11. The second kappa shape index (κ2) is 39.4. The molecule has 0 saturated carbocycles. The van der Waals surface area contributed by atoms with E-state index in [-0.39, 0.29) is 0 Å². The summed E-state index contributed by atoms with van der Waals surface area (Å²) in [5, 5.41) is 0. The van der Waals surface area contributed by atoms with Crippen molar-refractivity contribution in [1.82, 2.24) is 0 Å². The molecule has 0 aliphatic heterocycles. The fourth-order valence-electron chi connectivity index (χ4n) is 3.64. The smallest absolute Gasteiger partial charge is 0.310 e. The molecule has 0 spiro atoms. The third kappa shape index (κ3) is 60.1. The summed E-state index contributed by atoms with van der Waals surface area (Å²) < 4.78 is 89.0. The van der Waals surface area contributed by atoms with Gasteiger partial charge in [0.1, 0.15) is 38.2 Å². The fraction of sp³-hybridized carbons (Fsp3) is 0.500. The molecule has 0 atom stereocenters. The summed E-state index contributed by atoms with van der Waals surface area (Å²) >= 11 is 0. The first kappa shape index (κ1) is 75.8. The number of rotatable bonds is 13. The molecule has 69 heavy (non-hydrogen) atoms. The lowest BCUT2D eigenvalue weighted by Crippen LogP contribution is -2.00. The summed E-state index contributed by atoms with van der Waals surface area (Å²) in [5.74, 6) is 1.65. The lowest BCUT2D eigenvalue weighted by Gasteiger charge is -2.16. The van der Waals surface area contributed by atoms with Crippen LogP contribution < -0.4 is 18.1 Å². The first-order valence-corrected chi connectivity index (χ1v) is 39.8. The zero-order chi connectivity index (χ0) is 55.3. The van der Waals surface area contributed by atoms with Crippen LogP contribution in [0.15, 0.2) is 109 Å². The van der Waals surface area contributed by atoms with Gasteiger partial charge in [0.15, 0.2) is 33.6 Å². The summed E-state index contributed by atoms with van der Waals surface area (Å²) in [6.07, 6.45) is 1.03. The SMILES string of the molecule is CC.CC.CC.COP(C)(C)=O.COP(C)(C)=O.COP(C)(C)=O.CP(C)(=O)Oc1cc(O[P+](C)(C)O)cc(O[P+](C)(C)O)c1.CP(C)(=O)Oc1ccccc1.c1ccc(Cc2ccccc2)cc1. The minimum absolute atomic E-state index is 0.303. The van der Waals surface area contributed by atoms with Gasteiger partial charge in [-0.2, -0.15) is 0 Å². The second-order valence-electron chi connectivity index (χ2n) is 15.9. The molecule has 0 heterocycles. The van der Waals surface area contributed by atoms with E-state index < -0.39 is 52.3 Å². The van der Waals surface area contributed by atoms with Crippen LogP contribution in [0.25, 0.3) is 0 Å². The molecule has 14 nitrogen and oxygen atoms in total. The highest BCUT2D eigenvalue weighted by molar-refractivity contribution is 7.64. The zero-order valence-electron chi connectivity index (χ0n) is 46.0. The van der Waals surface area contributed by atoms with Crippen molar-refractivity contribution in [1.29, 1.82) is 0 Å². The van der Waals surface area contributed by atoms with Crippen LogP contribution in [-0.4, -0.2) is 124 Å². The molecular formula is C48H91O14P7+2. The molecule has 0 amide bonds. The normalized spacial score (nSPS) is 10.9. The van der Waals surface area contributed by atoms with Crippen molar-refractivity contribution in [2.75, 3.05) is 115 Å². The summed E-state index contributed by atoms with van der Waals surface area (Å²) in [5.41, 5.74) is 2.74. The van der Waals surface area contributed by atoms with Gasteiger partial charge in [0, 0.05) is 106 Å². The maximum atomic E-state index is 11.8. The Morgan fingerprint density at radius 1 is 0.377 bits per heavy atom. The van der Waals surface area contributed by atoms with Gasteiger partial charge in [-0.3, -0.25) is 22.8 Å². The lowest BCUT2D eigenvalue weighted by molar-refractivity contribution is 0.403. The third-order valence-corrected chi connectivity index (χ3v) is 11.6. The van der Waals surface area contributed by atoms with Crippen molar-refractivity contribution >= 4 is 52.3 Å². The van der Waals surface area contributed by atoms with Gasteiger partial charge < -0.3 is 31.7 Å². The highest BCUT2D eigenvalue weighted by Gasteiger charge is 2.28. The predicted octanol–water partition coefficient (Wildman–Crippen LogP) is 16.0. The van der Waals surface area contributed by atoms with Crippen LogP contribution in [-0.2, 0) is 42.8 Å². The van der Waals surface area contributed by atoms with Crippen molar-refractivity contribution in [2.45, 2.75) is 48.0 Å². The molecule has 0 aliphatic rings. The molecule has 0 fully saturated rings. The van der Waals surface area contributed by atoms with E-state index in [9.17, 15) is 32.6 Å². The molecular weight excluding hydrogens is 1020 g/mol. The van der Waals surface area contributed by atoms with Gasteiger partial charge in [-0.25, -0.2) is 9.79 Å². The van der Waals surface area contributed by atoms with Crippen LogP contribution in [0.4, 0.5) is 0 Å². The van der Waals surface area contributed by atoms with E-state index >= 15 is 0 Å². The molecule has 0 radical (unpaired) electrons. The Bertz CT molecular complexity index is 1960. The monoisotopic (exact) mass is 1110 g/mol. The van der Waals surface area contributed by atoms with Crippen molar-refractivity contribution < 1.29 is 64.3 Å². The number of benzene rings is 4. The van der Waals surface area contributed by atoms with Crippen molar-refractivity contribution in [3.05, 3.63) is 120 Å². The Kier molecular flexibility index (Phi) is 43.3. The highest BCUT2D eigenvalue weighted by atomic mass is 31.2. The molecule has 0 unspecified atom stereocenters. The van der Waals surface area contributed by atoms with Crippen LogP contribution in [0.3, 0.4) is 0 Å². The number of para-hydroxylation sites is 1. The topological polar surface area (TPSA) is 190 Å². The largest absolute Gasteiger partial charge is 0.443 e. The van der Waals surface area contributed by atoms with E-state index in [0.29, 0.717) is 23.0 Å². The Morgan fingerprint density at radius 2 is 0.594 bits per heavy atom. The summed E-state index contributed by atoms with van der Waals surface area (Å²) in [7, 11) is -12.3. The maximum Gasteiger partial charge on any atom is 0.310 e. The standard InChI is InChI=1S/C13H12.C12H23O6P3.C8H11O2P.3C3H9O2P.3C2H6/c1-3-7-12(8-4-1)11-13-9-5-2-6-10-13;1-19(2,13)16-10-7-11(17-20(3,4)14)9-12(8-10)18-21(5,6)15;1-11(2,9)10-8-6-4-3-5-7-8;3*1-5-6(2,3)4;3*1-2/h1-10H,11H2;7-9,13-14H,1-6H3;3-7H,1-2H3;3*1-3H3;3*1-2H3/q;+2;;;;;;;. The fourth-order valence-corrected chi connectivity index (χ4v) is 6.12. The number of hydrogen-bond acceptors (Lipinski definition) is 14. The van der Waals surface area contributed by atoms with E-state index in [1.807, 2.05) is 59.7 Å². The maximum absolute atomic E-state index is 11.8. The molecule has 4 rings (SSSR count). The molecule has 0 bridgehead atoms. The molecule has 0 aliphatic carbocycles. The minimum Gasteiger partial charge on any atom is -0.443 e. The number of hydrogen-bond donors (Lipinski definition) is 2. The van der Waals surface area contributed by atoms with Crippen molar-refractivity contribution in [3.63, 3.8) is 0 Å². The predicted molar refractivity (Wildman–Crippen MR) is 305 cm³/mol. The van der Waals surface area contributed by atoms with Crippen molar-refractivity contribution in [3.8, 4) is 23.0 Å². The quantitative estimate of drug-likeness (QED) is 0.120. The lowest BCUT2D eigenvalue weighted by atomic mass is 10.1. The van der Waals surface area contributed by atoms with Crippen LogP contribution in [0.5, 0.6) is 23.0 Å². The first-order chi connectivity index (χ1) is 31.4. The molecule has 0 saturated heterocycles. The molecule has 400 valence electrons. The average molecular weight is 1110 g/mol. The summed E-state index contributed by atoms with van der Waals surface area (Å²) in [4.78, 5) is 19.7. The van der Waals surface area contributed by atoms with Crippen LogP contribution in [0, 0.1) is 0 Å². The van der Waals surface area contributed by atoms with Gasteiger partial charge >= 0.3 is 15.4 Å². The first-order valence-electron chi connectivity index (χ1n) is 22.1. The highest BCUT2D eigenvalue weighted by Crippen LogP contribution is 2.52. The molecule has 2 N–H and O–H groups in total. The van der Waals surface area contributed by atoms with Crippen molar-refractivity contribution in [2.24, 2.45) is 0 Å². The molecule has 21 heteroatoms. The third-order valence-electron chi connectivity index (χ3n) is 6.32. The Balaban J connectivity index is -0.000000247. The Labute approximate surface area is 420 Å². The summed E-state index contributed by atoms with van der Waals surface area (Å²) in [6, 6.07) is 34.9. The van der Waals surface area contributed by atoms with E-state index in [1.54, 1.807) is 98.2 Å². The van der Waals surface area contributed by atoms with Crippen LogP contribution in [0.2, 0.25) is 0 Å². The van der Waals surface area contributed by atoms with Gasteiger partial charge in [-0.1, -0.05) is 120 Å². The molecule has 4 aromatic rings.